The molecule has 0 bridgehead atoms. The predicted molar refractivity (Wildman–Crippen MR) is 65.6 cm³/mol. The van der Waals surface area contributed by atoms with Crippen molar-refractivity contribution in [3.8, 4) is 0 Å². The van der Waals surface area contributed by atoms with Gasteiger partial charge in [-0.15, -0.1) is 0 Å². The van der Waals surface area contributed by atoms with Crippen LogP contribution < -0.4 is 5.32 Å². The highest BCUT2D eigenvalue weighted by molar-refractivity contribution is 6.36. The highest BCUT2D eigenvalue weighted by Crippen LogP contribution is 2.24. The molecular weight excluding hydrogens is 325 g/mol. The lowest BCUT2D eigenvalue weighted by molar-refractivity contribution is -0.173. The van der Waals surface area contributed by atoms with Gasteiger partial charge in [0.2, 0.25) is 0 Å². The maximum atomic E-state index is 13.2. The van der Waals surface area contributed by atoms with E-state index in [4.69, 9.17) is 23.2 Å². The molecule has 0 spiro atoms. The molecule has 1 N–H and O–H groups in total. The molecule has 0 fully saturated rings. The van der Waals surface area contributed by atoms with Crippen molar-refractivity contribution >= 4 is 29.1 Å². The summed E-state index contributed by atoms with van der Waals surface area (Å²) in [6, 6.07) is 1.91. The number of amides is 1. The molecule has 112 valence electrons. The van der Waals surface area contributed by atoms with Crippen LogP contribution in [0.15, 0.2) is 12.1 Å². The average Bonchev–Trinajstić information content (AvgIpc) is 2.31. The Morgan fingerprint density at radius 3 is 2.50 bits per heavy atom. The fraction of sp³-hybridized carbons (Fsp3) is 0.364. The summed E-state index contributed by atoms with van der Waals surface area (Å²) in [4.78, 5) is 11.6. The lowest BCUT2D eigenvalue weighted by Crippen LogP contribution is -2.29. The number of carbonyl (C=O) groups is 1. The van der Waals surface area contributed by atoms with E-state index in [1.807, 2.05) is 0 Å². The third kappa shape index (κ3) is 5.52. The first-order chi connectivity index (χ1) is 9.20. The van der Waals surface area contributed by atoms with Crippen molar-refractivity contribution in [1.82, 2.24) is 5.32 Å². The fourth-order valence-corrected chi connectivity index (χ4v) is 1.69. The van der Waals surface area contributed by atoms with E-state index in [9.17, 15) is 22.4 Å². The van der Waals surface area contributed by atoms with Crippen LogP contribution in [0.3, 0.4) is 0 Å². The van der Waals surface area contributed by atoms with Crippen molar-refractivity contribution in [2.45, 2.75) is 6.18 Å². The largest absolute Gasteiger partial charge is 0.411 e. The van der Waals surface area contributed by atoms with E-state index in [-0.39, 0.29) is 28.8 Å². The summed E-state index contributed by atoms with van der Waals surface area (Å²) in [7, 11) is 0. The standard InChI is InChI=1S/C11H9Cl2F4NO2/c12-7-4-8(13)9(14)3-6(7)10(19)18-1-2-20-5-11(15,16)17/h3-4H,1-2,5H2,(H,18,19). The third-order valence-electron chi connectivity index (χ3n) is 2.05. The first-order valence-corrected chi connectivity index (χ1v) is 6.03. The lowest BCUT2D eigenvalue weighted by atomic mass is 10.2. The van der Waals surface area contributed by atoms with Crippen LogP contribution in [0.4, 0.5) is 17.6 Å². The van der Waals surface area contributed by atoms with Gasteiger partial charge in [-0.25, -0.2) is 4.39 Å². The number of rotatable bonds is 5. The molecule has 1 aromatic carbocycles. The van der Waals surface area contributed by atoms with E-state index in [0.717, 1.165) is 12.1 Å². The van der Waals surface area contributed by atoms with Gasteiger partial charge in [-0.2, -0.15) is 13.2 Å². The van der Waals surface area contributed by atoms with Crippen LogP contribution in [-0.2, 0) is 4.74 Å². The number of ether oxygens (including phenoxy) is 1. The highest BCUT2D eigenvalue weighted by Gasteiger charge is 2.27. The number of halogens is 6. The molecule has 0 unspecified atom stereocenters. The van der Waals surface area contributed by atoms with Gasteiger partial charge in [0.05, 0.1) is 22.2 Å². The minimum absolute atomic E-state index is 0.0647. The maximum absolute atomic E-state index is 13.2. The molecule has 0 heterocycles. The Morgan fingerprint density at radius 2 is 1.90 bits per heavy atom. The monoisotopic (exact) mass is 333 g/mol. The quantitative estimate of drug-likeness (QED) is 0.509. The lowest BCUT2D eigenvalue weighted by Gasteiger charge is -2.09. The van der Waals surface area contributed by atoms with Crippen LogP contribution in [0.5, 0.6) is 0 Å². The van der Waals surface area contributed by atoms with Crippen molar-refractivity contribution in [2.75, 3.05) is 19.8 Å². The molecule has 9 heteroatoms. The van der Waals surface area contributed by atoms with Gasteiger partial charge in [-0.1, -0.05) is 23.2 Å². The van der Waals surface area contributed by atoms with Crippen molar-refractivity contribution in [3.63, 3.8) is 0 Å². The Bertz CT molecular complexity index is 494. The Kier molecular flexibility index (Phi) is 6.04. The van der Waals surface area contributed by atoms with Crippen LogP contribution in [0.1, 0.15) is 10.4 Å². The van der Waals surface area contributed by atoms with Crippen molar-refractivity contribution < 1.29 is 27.1 Å². The zero-order valence-electron chi connectivity index (χ0n) is 9.86. The summed E-state index contributed by atoms with van der Waals surface area (Å²) >= 11 is 11.2. The number of nitrogens with one attached hydrogen (secondary N) is 1. The van der Waals surface area contributed by atoms with Crippen LogP contribution in [0.25, 0.3) is 0 Å². The third-order valence-corrected chi connectivity index (χ3v) is 2.65. The van der Waals surface area contributed by atoms with E-state index in [2.05, 4.69) is 10.1 Å². The molecule has 0 aliphatic rings. The summed E-state index contributed by atoms with van der Waals surface area (Å²) in [5.74, 6) is -1.56. The smallest absolute Gasteiger partial charge is 0.370 e. The predicted octanol–water partition coefficient (Wildman–Crippen LogP) is 3.44. The average molecular weight is 334 g/mol. The van der Waals surface area contributed by atoms with Gasteiger partial charge >= 0.3 is 6.18 Å². The Morgan fingerprint density at radius 1 is 1.25 bits per heavy atom. The van der Waals surface area contributed by atoms with E-state index < -0.39 is 24.5 Å². The van der Waals surface area contributed by atoms with Gasteiger partial charge in [-0.05, 0) is 12.1 Å². The van der Waals surface area contributed by atoms with Gasteiger partial charge in [-0.3, -0.25) is 4.79 Å². The van der Waals surface area contributed by atoms with Crippen molar-refractivity contribution in [2.24, 2.45) is 0 Å². The van der Waals surface area contributed by atoms with E-state index in [0.29, 0.717) is 0 Å². The second kappa shape index (κ2) is 7.10. The minimum Gasteiger partial charge on any atom is -0.370 e. The van der Waals surface area contributed by atoms with Gasteiger partial charge in [0.1, 0.15) is 12.4 Å². The molecule has 0 saturated heterocycles. The highest BCUT2D eigenvalue weighted by atomic mass is 35.5. The Labute approximate surface area is 121 Å². The van der Waals surface area contributed by atoms with Crippen LogP contribution >= 0.6 is 23.2 Å². The zero-order chi connectivity index (χ0) is 15.3. The molecule has 1 aromatic rings. The summed E-state index contributed by atoms with van der Waals surface area (Å²) in [5.41, 5.74) is -0.163. The Balaban J connectivity index is 2.46. The molecule has 0 atom stereocenters. The first kappa shape index (κ1) is 17.0. The normalized spacial score (nSPS) is 11.5. The molecule has 0 aromatic heterocycles. The van der Waals surface area contributed by atoms with Gasteiger partial charge in [0.25, 0.3) is 5.91 Å². The molecule has 0 aliphatic carbocycles. The summed E-state index contributed by atoms with van der Waals surface area (Å²) in [6.07, 6.45) is -4.42. The molecule has 1 amide bonds. The van der Waals surface area contributed by atoms with Crippen LogP contribution in [0, 0.1) is 5.82 Å². The van der Waals surface area contributed by atoms with Crippen molar-refractivity contribution in [1.29, 1.82) is 0 Å². The number of benzene rings is 1. The number of hydrogen-bond donors (Lipinski definition) is 1. The van der Waals surface area contributed by atoms with E-state index in [1.165, 1.54) is 0 Å². The molecule has 0 aliphatic heterocycles. The van der Waals surface area contributed by atoms with Crippen LogP contribution in [0.2, 0.25) is 10.0 Å². The van der Waals surface area contributed by atoms with Crippen LogP contribution in [-0.4, -0.2) is 31.8 Å². The van der Waals surface area contributed by atoms with E-state index in [1.54, 1.807) is 0 Å². The summed E-state index contributed by atoms with van der Waals surface area (Å²) in [5, 5.41) is 1.95. The number of alkyl halides is 3. The molecule has 1 rings (SSSR count). The first-order valence-electron chi connectivity index (χ1n) is 5.28. The van der Waals surface area contributed by atoms with Gasteiger partial charge in [0, 0.05) is 6.54 Å². The van der Waals surface area contributed by atoms with E-state index >= 15 is 0 Å². The molecular formula is C11H9Cl2F4NO2. The SMILES string of the molecule is O=C(NCCOCC(F)(F)F)c1cc(F)c(Cl)cc1Cl. The minimum atomic E-state index is -4.42. The molecule has 0 radical (unpaired) electrons. The summed E-state index contributed by atoms with van der Waals surface area (Å²) in [6.45, 7) is -1.91. The van der Waals surface area contributed by atoms with Gasteiger partial charge in [0.15, 0.2) is 0 Å². The molecule has 20 heavy (non-hydrogen) atoms. The molecule has 3 nitrogen and oxygen atoms in total. The maximum Gasteiger partial charge on any atom is 0.411 e. The molecule has 0 saturated carbocycles. The number of carbonyl (C=O) groups excluding carboxylic acids is 1. The van der Waals surface area contributed by atoms with Crippen molar-refractivity contribution in [3.05, 3.63) is 33.6 Å². The fourth-order valence-electron chi connectivity index (χ4n) is 1.22. The Hall–Kier alpha value is -1.05. The summed E-state index contributed by atoms with van der Waals surface area (Å²) < 4.78 is 52.7. The second-order valence-electron chi connectivity index (χ2n) is 3.67. The second-order valence-corrected chi connectivity index (χ2v) is 4.48. The number of hydrogen-bond acceptors (Lipinski definition) is 2. The zero-order valence-corrected chi connectivity index (χ0v) is 11.4. The van der Waals surface area contributed by atoms with Gasteiger partial charge < -0.3 is 10.1 Å². The topological polar surface area (TPSA) is 38.3 Å².